The predicted molar refractivity (Wildman–Crippen MR) is 89.4 cm³/mol. The Morgan fingerprint density at radius 3 is 2.82 bits per heavy atom. The molecule has 22 heavy (non-hydrogen) atoms. The molecular weight excluding hydrogens is 274 g/mol. The van der Waals surface area contributed by atoms with Gasteiger partial charge in [0.1, 0.15) is 5.82 Å². The number of aromatic nitrogens is 2. The molecule has 0 aliphatic heterocycles. The van der Waals surface area contributed by atoms with Crippen molar-refractivity contribution < 1.29 is 0 Å². The normalized spacial score (nSPS) is 10.1. The minimum atomic E-state index is 0.621. The fraction of sp³-hybridized carbons (Fsp3) is 0.353. The summed E-state index contributed by atoms with van der Waals surface area (Å²) in [4.78, 5) is 11.1. The third-order valence-electron chi connectivity index (χ3n) is 3.29. The molecule has 0 amide bonds. The Balaban J connectivity index is 2.20. The van der Waals surface area contributed by atoms with Crippen LogP contribution in [0.25, 0.3) is 0 Å². The minimum absolute atomic E-state index is 0.621. The first-order valence-electron chi connectivity index (χ1n) is 7.46. The van der Waals surface area contributed by atoms with E-state index in [9.17, 15) is 0 Å². The van der Waals surface area contributed by atoms with Gasteiger partial charge >= 0.3 is 0 Å². The van der Waals surface area contributed by atoms with Gasteiger partial charge in [0.15, 0.2) is 0 Å². The molecule has 0 atom stereocenters. The lowest BCUT2D eigenvalue weighted by Gasteiger charge is -2.18. The molecule has 0 radical (unpaired) electrons. The van der Waals surface area contributed by atoms with Gasteiger partial charge < -0.3 is 10.2 Å². The molecular formula is C17H21N5. The molecule has 2 aromatic rings. The molecule has 0 saturated carbocycles. The third kappa shape index (κ3) is 4.19. The van der Waals surface area contributed by atoms with Crippen molar-refractivity contribution in [2.75, 3.05) is 23.8 Å². The molecule has 0 saturated heterocycles. The summed E-state index contributed by atoms with van der Waals surface area (Å²) in [7, 11) is 2.00. The van der Waals surface area contributed by atoms with Gasteiger partial charge in [0.2, 0.25) is 5.95 Å². The lowest BCUT2D eigenvalue weighted by Crippen LogP contribution is -2.21. The summed E-state index contributed by atoms with van der Waals surface area (Å²) in [6.07, 6.45) is 2.25. The van der Waals surface area contributed by atoms with Crippen LogP contribution in [0.5, 0.6) is 0 Å². The van der Waals surface area contributed by atoms with E-state index in [2.05, 4.69) is 33.2 Å². The molecule has 5 heteroatoms. The van der Waals surface area contributed by atoms with Crippen molar-refractivity contribution in [2.45, 2.75) is 26.7 Å². The fourth-order valence-electron chi connectivity index (χ4n) is 2.10. The second kappa shape index (κ2) is 7.41. The van der Waals surface area contributed by atoms with E-state index >= 15 is 0 Å². The number of rotatable bonds is 6. The highest BCUT2D eigenvalue weighted by atomic mass is 15.2. The summed E-state index contributed by atoms with van der Waals surface area (Å²) < 4.78 is 0. The lowest BCUT2D eigenvalue weighted by atomic mass is 10.2. The molecule has 2 rings (SSSR count). The van der Waals surface area contributed by atoms with Gasteiger partial charge in [0, 0.05) is 31.0 Å². The Morgan fingerprint density at radius 2 is 2.09 bits per heavy atom. The van der Waals surface area contributed by atoms with Gasteiger partial charge in [-0.25, -0.2) is 4.98 Å². The monoisotopic (exact) mass is 295 g/mol. The van der Waals surface area contributed by atoms with Crippen LogP contribution in [0.3, 0.4) is 0 Å². The van der Waals surface area contributed by atoms with Gasteiger partial charge in [0.25, 0.3) is 0 Å². The van der Waals surface area contributed by atoms with Gasteiger partial charge in [-0.15, -0.1) is 0 Å². The van der Waals surface area contributed by atoms with Crippen molar-refractivity contribution in [3.8, 4) is 6.07 Å². The average Bonchev–Trinajstić information content (AvgIpc) is 2.52. The lowest BCUT2D eigenvalue weighted by molar-refractivity contribution is 0.749. The molecule has 1 aromatic carbocycles. The van der Waals surface area contributed by atoms with Gasteiger partial charge in [0.05, 0.1) is 11.6 Å². The summed E-state index contributed by atoms with van der Waals surface area (Å²) >= 11 is 0. The maximum atomic E-state index is 8.96. The maximum Gasteiger partial charge on any atom is 0.227 e. The minimum Gasteiger partial charge on any atom is -0.344 e. The van der Waals surface area contributed by atoms with E-state index in [-0.39, 0.29) is 0 Å². The van der Waals surface area contributed by atoms with Crippen molar-refractivity contribution in [1.82, 2.24) is 9.97 Å². The molecule has 1 heterocycles. The van der Waals surface area contributed by atoms with Crippen LogP contribution >= 0.6 is 0 Å². The summed E-state index contributed by atoms with van der Waals surface area (Å²) in [6, 6.07) is 11.4. The SMILES string of the molecule is CCCCN(C)c1nc(C)cc(Nc2cccc(C#N)c2)n1. The molecule has 0 aliphatic rings. The Bertz CT molecular complexity index is 675. The zero-order valence-electron chi connectivity index (χ0n) is 13.3. The van der Waals surface area contributed by atoms with Crippen molar-refractivity contribution in [1.29, 1.82) is 5.26 Å². The first kappa shape index (κ1) is 15.8. The number of anilines is 3. The van der Waals surface area contributed by atoms with Gasteiger partial charge in [-0.05, 0) is 31.5 Å². The molecule has 114 valence electrons. The van der Waals surface area contributed by atoms with Crippen molar-refractivity contribution in [2.24, 2.45) is 0 Å². The maximum absolute atomic E-state index is 8.96. The zero-order valence-corrected chi connectivity index (χ0v) is 13.3. The number of nitrogens with one attached hydrogen (secondary N) is 1. The second-order valence-electron chi connectivity index (χ2n) is 5.29. The topological polar surface area (TPSA) is 64.8 Å². The van der Waals surface area contributed by atoms with E-state index in [4.69, 9.17) is 5.26 Å². The van der Waals surface area contributed by atoms with E-state index in [1.165, 1.54) is 0 Å². The molecule has 1 aromatic heterocycles. The van der Waals surface area contributed by atoms with E-state index in [0.717, 1.165) is 36.6 Å². The first-order chi connectivity index (χ1) is 10.6. The zero-order chi connectivity index (χ0) is 15.9. The molecule has 0 fully saturated rings. The number of nitriles is 1. The van der Waals surface area contributed by atoms with Gasteiger partial charge in [-0.1, -0.05) is 19.4 Å². The van der Waals surface area contributed by atoms with Crippen LogP contribution < -0.4 is 10.2 Å². The number of aryl methyl sites for hydroxylation is 1. The van der Waals surface area contributed by atoms with Crippen molar-refractivity contribution in [3.05, 3.63) is 41.6 Å². The van der Waals surface area contributed by atoms with Crippen LogP contribution in [0.2, 0.25) is 0 Å². The predicted octanol–water partition coefficient (Wildman–Crippen LogP) is 3.64. The van der Waals surface area contributed by atoms with Gasteiger partial charge in [-0.3, -0.25) is 0 Å². The highest BCUT2D eigenvalue weighted by molar-refractivity contribution is 5.59. The largest absolute Gasteiger partial charge is 0.344 e. The Hall–Kier alpha value is -2.61. The summed E-state index contributed by atoms with van der Waals surface area (Å²) in [5.41, 5.74) is 2.38. The summed E-state index contributed by atoms with van der Waals surface area (Å²) in [6.45, 7) is 5.05. The molecule has 0 bridgehead atoms. The van der Waals surface area contributed by atoms with Crippen molar-refractivity contribution in [3.63, 3.8) is 0 Å². The third-order valence-corrected chi connectivity index (χ3v) is 3.29. The van der Waals surface area contributed by atoms with Crippen LogP contribution in [0, 0.1) is 18.3 Å². The highest BCUT2D eigenvalue weighted by Crippen LogP contribution is 2.19. The van der Waals surface area contributed by atoms with Crippen LogP contribution in [0.15, 0.2) is 30.3 Å². The number of hydrogen-bond acceptors (Lipinski definition) is 5. The second-order valence-corrected chi connectivity index (χ2v) is 5.29. The summed E-state index contributed by atoms with van der Waals surface area (Å²) in [5.74, 6) is 1.45. The molecule has 0 spiro atoms. The Kier molecular flexibility index (Phi) is 5.31. The van der Waals surface area contributed by atoms with E-state index in [0.29, 0.717) is 11.5 Å². The molecule has 0 unspecified atom stereocenters. The van der Waals surface area contributed by atoms with E-state index < -0.39 is 0 Å². The molecule has 5 nitrogen and oxygen atoms in total. The number of nitrogens with zero attached hydrogens (tertiary/aromatic N) is 4. The molecule has 1 N–H and O–H groups in total. The van der Waals surface area contributed by atoms with Crippen LogP contribution in [0.4, 0.5) is 17.5 Å². The quantitative estimate of drug-likeness (QED) is 0.881. The molecule has 0 aliphatic carbocycles. The van der Waals surface area contributed by atoms with Crippen molar-refractivity contribution >= 4 is 17.5 Å². The Morgan fingerprint density at radius 1 is 1.27 bits per heavy atom. The van der Waals surface area contributed by atoms with E-state index in [1.807, 2.05) is 32.2 Å². The summed E-state index contributed by atoms with van der Waals surface area (Å²) in [5, 5.41) is 12.2. The number of benzene rings is 1. The van der Waals surface area contributed by atoms with Crippen LogP contribution in [-0.4, -0.2) is 23.6 Å². The van der Waals surface area contributed by atoms with Crippen LogP contribution in [-0.2, 0) is 0 Å². The fourth-order valence-corrected chi connectivity index (χ4v) is 2.10. The number of hydrogen-bond donors (Lipinski definition) is 1. The number of unbranched alkanes of at least 4 members (excludes halogenated alkanes) is 1. The Labute approximate surface area is 131 Å². The average molecular weight is 295 g/mol. The van der Waals surface area contributed by atoms with Gasteiger partial charge in [-0.2, -0.15) is 10.2 Å². The van der Waals surface area contributed by atoms with Crippen LogP contribution in [0.1, 0.15) is 31.0 Å². The highest BCUT2D eigenvalue weighted by Gasteiger charge is 2.07. The standard InChI is InChI=1S/C17H21N5/c1-4-5-9-22(3)17-19-13(2)10-16(21-17)20-15-8-6-7-14(11-15)12-18/h6-8,10-11H,4-5,9H2,1-3H3,(H,19,20,21). The van der Waals surface area contributed by atoms with E-state index in [1.54, 1.807) is 12.1 Å². The first-order valence-corrected chi connectivity index (χ1v) is 7.46. The smallest absolute Gasteiger partial charge is 0.227 e.